The van der Waals surface area contributed by atoms with E-state index >= 15 is 0 Å². The van der Waals surface area contributed by atoms with Gasteiger partial charge in [0.15, 0.2) is 15.8 Å². The van der Waals surface area contributed by atoms with Crippen LogP contribution in [0.25, 0.3) is 10.2 Å². The second-order valence-electron chi connectivity index (χ2n) is 5.77. The summed E-state index contributed by atoms with van der Waals surface area (Å²) in [6, 6.07) is 17.0. The van der Waals surface area contributed by atoms with Crippen molar-refractivity contribution in [3.05, 3.63) is 54.6 Å². The lowest BCUT2D eigenvalue weighted by Crippen LogP contribution is -2.71. The summed E-state index contributed by atoms with van der Waals surface area (Å²) in [5.74, 6) is 0.0524. The molecule has 2 amide bonds. The summed E-state index contributed by atoms with van der Waals surface area (Å²) < 4.78 is 7.38. The van der Waals surface area contributed by atoms with E-state index < -0.39 is 4.87 Å². The van der Waals surface area contributed by atoms with Gasteiger partial charge in [0, 0.05) is 0 Å². The minimum Gasteiger partial charge on any atom is -0.484 e. The number of carbonyl (C=O) groups excluding carboxylic acids is 2. The van der Waals surface area contributed by atoms with E-state index in [0.29, 0.717) is 12.3 Å². The van der Waals surface area contributed by atoms with Crippen LogP contribution in [0.3, 0.4) is 0 Å². The van der Waals surface area contributed by atoms with Crippen LogP contribution in [0.2, 0.25) is 0 Å². The number of aromatic nitrogens is 1. The molecule has 1 fully saturated rings. The Hall–Kier alpha value is -2.23. The summed E-state index contributed by atoms with van der Waals surface area (Å²) >= 11 is 1.56. The molecule has 0 radical (unpaired) electrons. The van der Waals surface area contributed by atoms with E-state index in [1.165, 1.54) is 21.6 Å². The maximum atomic E-state index is 12.3. The molecule has 0 spiro atoms. The van der Waals surface area contributed by atoms with Crippen LogP contribution < -0.4 is 15.4 Å². The Kier molecular flexibility index (Phi) is 5.24. The predicted octanol–water partition coefficient (Wildman–Crippen LogP) is 3.06. The topological polar surface area (TPSA) is 80.3 Å². The van der Waals surface area contributed by atoms with Gasteiger partial charge in [0.25, 0.3) is 11.8 Å². The number of rotatable bonds is 7. The summed E-state index contributed by atoms with van der Waals surface area (Å²) in [4.78, 5) is 28.0. The van der Waals surface area contributed by atoms with E-state index in [0.717, 1.165) is 14.6 Å². The van der Waals surface area contributed by atoms with Gasteiger partial charge in [-0.3, -0.25) is 9.59 Å². The first-order chi connectivity index (χ1) is 13.1. The molecule has 4 rings (SSSR count). The number of hydrogen-bond acceptors (Lipinski definition) is 7. The summed E-state index contributed by atoms with van der Waals surface area (Å²) in [6.45, 7) is 0.219. The highest BCUT2D eigenvalue weighted by molar-refractivity contribution is 8.77. The van der Waals surface area contributed by atoms with Crippen molar-refractivity contribution in [2.45, 2.75) is 9.21 Å². The minimum absolute atomic E-state index is 0.147. The highest BCUT2D eigenvalue weighted by atomic mass is 33.1. The number of carbonyl (C=O) groups is 2. The fourth-order valence-corrected chi connectivity index (χ4v) is 6.21. The van der Waals surface area contributed by atoms with Crippen molar-refractivity contribution >= 4 is 55.0 Å². The zero-order valence-corrected chi connectivity index (χ0v) is 16.5. The lowest BCUT2D eigenvalue weighted by molar-refractivity contribution is -0.135. The SMILES string of the molecule is O=C(COc1ccccc1)N[C@@]1(SSc2nc3ccccc3s2)CNC1=O. The molecular weight excluding hydrogens is 402 g/mol. The van der Waals surface area contributed by atoms with Crippen LogP contribution >= 0.6 is 32.9 Å². The first-order valence-corrected chi connectivity index (χ1v) is 11.1. The van der Waals surface area contributed by atoms with Crippen LogP contribution in [-0.4, -0.2) is 34.8 Å². The maximum absolute atomic E-state index is 12.3. The molecular formula is C18H15N3O3S3. The number of thiazole rings is 1. The quantitative estimate of drug-likeness (QED) is 0.349. The number of hydrogen-bond donors (Lipinski definition) is 2. The molecule has 1 aliphatic heterocycles. The highest BCUT2D eigenvalue weighted by Crippen LogP contribution is 2.44. The average Bonchev–Trinajstić information content (AvgIpc) is 3.12. The van der Waals surface area contributed by atoms with Gasteiger partial charge in [-0.15, -0.1) is 11.3 Å². The van der Waals surface area contributed by atoms with Gasteiger partial charge < -0.3 is 15.4 Å². The van der Waals surface area contributed by atoms with Gasteiger partial charge in [-0.1, -0.05) is 30.3 Å². The van der Waals surface area contributed by atoms with E-state index in [2.05, 4.69) is 15.6 Å². The average molecular weight is 418 g/mol. The smallest absolute Gasteiger partial charge is 0.259 e. The van der Waals surface area contributed by atoms with E-state index in [-0.39, 0.29) is 18.4 Å². The van der Waals surface area contributed by atoms with E-state index in [1.807, 2.05) is 42.5 Å². The largest absolute Gasteiger partial charge is 0.484 e. The van der Waals surface area contributed by atoms with Gasteiger partial charge in [0.1, 0.15) is 5.75 Å². The number of fused-ring (bicyclic) bond motifs is 1. The molecule has 27 heavy (non-hydrogen) atoms. The Morgan fingerprint density at radius 2 is 2.00 bits per heavy atom. The normalized spacial score (nSPS) is 18.6. The molecule has 0 unspecified atom stereocenters. The molecule has 1 atom stereocenters. The molecule has 3 aromatic rings. The van der Waals surface area contributed by atoms with Gasteiger partial charge in [-0.25, -0.2) is 4.98 Å². The van der Waals surface area contributed by atoms with Crippen molar-refractivity contribution in [2.24, 2.45) is 0 Å². The first-order valence-electron chi connectivity index (χ1n) is 8.13. The van der Waals surface area contributed by atoms with Crippen LogP contribution in [0.15, 0.2) is 58.9 Å². The molecule has 6 nitrogen and oxygen atoms in total. The molecule has 2 N–H and O–H groups in total. The summed E-state index contributed by atoms with van der Waals surface area (Å²) in [7, 11) is 2.70. The lowest BCUT2D eigenvalue weighted by atomic mass is 10.1. The third kappa shape index (κ3) is 4.05. The molecule has 9 heteroatoms. The second kappa shape index (κ2) is 7.79. The first kappa shape index (κ1) is 18.1. The summed E-state index contributed by atoms with van der Waals surface area (Å²) in [5.41, 5.74) is 0.929. The van der Waals surface area contributed by atoms with Crippen molar-refractivity contribution in [3.8, 4) is 5.75 Å². The highest BCUT2D eigenvalue weighted by Gasteiger charge is 2.49. The zero-order valence-electron chi connectivity index (χ0n) is 14.0. The second-order valence-corrected chi connectivity index (χ2v) is 9.48. The molecule has 1 aliphatic rings. The fourth-order valence-electron chi connectivity index (χ4n) is 2.43. The molecule has 2 aromatic carbocycles. The van der Waals surface area contributed by atoms with Gasteiger partial charge >= 0.3 is 0 Å². The fraction of sp³-hybridized carbons (Fsp3) is 0.167. The minimum atomic E-state index is -1.00. The zero-order chi connectivity index (χ0) is 18.7. The van der Waals surface area contributed by atoms with Crippen molar-refractivity contribution in [2.75, 3.05) is 13.2 Å². The number of para-hydroxylation sites is 2. The van der Waals surface area contributed by atoms with Crippen LogP contribution in [0, 0.1) is 0 Å². The predicted molar refractivity (Wildman–Crippen MR) is 109 cm³/mol. The Morgan fingerprint density at radius 3 is 2.70 bits per heavy atom. The summed E-state index contributed by atoms with van der Waals surface area (Å²) in [5, 5.41) is 5.49. The lowest BCUT2D eigenvalue weighted by Gasteiger charge is -2.39. The standard InChI is InChI=1S/C18H15N3O3S3/c22-15(10-24-12-6-2-1-3-7-12)21-18(11-19-16(18)23)27-26-17-20-13-8-4-5-9-14(13)25-17/h1-9H,10-11H2,(H,19,23)(H,21,22)/t18-/m1/s1. The third-order valence-corrected chi connectivity index (χ3v) is 8.11. The van der Waals surface area contributed by atoms with Crippen molar-refractivity contribution in [1.82, 2.24) is 15.6 Å². The number of nitrogens with one attached hydrogen (secondary N) is 2. The Morgan fingerprint density at radius 1 is 1.22 bits per heavy atom. The number of benzene rings is 2. The number of β-lactam (4-membered cyclic amide) rings is 1. The van der Waals surface area contributed by atoms with Crippen molar-refractivity contribution in [1.29, 1.82) is 0 Å². The monoisotopic (exact) mass is 417 g/mol. The molecule has 2 heterocycles. The molecule has 0 aliphatic carbocycles. The number of amides is 2. The molecule has 0 bridgehead atoms. The maximum Gasteiger partial charge on any atom is 0.259 e. The van der Waals surface area contributed by atoms with E-state index in [9.17, 15) is 9.59 Å². The summed E-state index contributed by atoms with van der Waals surface area (Å²) in [6.07, 6.45) is 0. The van der Waals surface area contributed by atoms with E-state index in [4.69, 9.17) is 4.74 Å². The third-order valence-electron chi connectivity index (χ3n) is 3.85. The Balaban J connectivity index is 1.37. The van der Waals surface area contributed by atoms with Crippen LogP contribution in [-0.2, 0) is 9.59 Å². The van der Waals surface area contributed by atoms with Gasteiger partial charge in [0.2, 0.25) is 0 Å². The number of nitrogens with zero attached hydrogens (tertiary/aromatic N) is 1. The van der Waals surface area contributed by atoms with Crippen molar-refractivity contribution in [3.63, 3.8) is 0 Å². The number of ether oxygens (including phenoxy) is 1. The van der Waals surface area contributed by atoms with Crippen molar-refractivity contribution < 1.29 is 14.3 Å². The molecule has 1 aromatic heterocycles. The molecule has 1 saturated heterocycles. The van der Waals surface area contributed by atoms with Crippen LogP contribution in [0.5, 0.6) is 5.75 Å². The van der Waals surface area contributed by atoms with Gasteiger partial charge in [0.05, 0.1) is 16.8 Å². The molecule has 138 valence electrons. The van der Waals surface area contributed by atoms with Gasteiger partial charge in [-0.05, 0) is 45.9 Å². The van der Waals surface area contributed by atoms with E-state index in [1.54, 1.807) is 23.5 Å². The molecule has 0 saturated carbocycles. The van der Waals surface area contributed by atoms with Crippen LogP contribution in [0.4, 0.5) is 0 Å². The van der Waals surface area contributed by atoms with Gasteiger partial charge in [-0.2, -0.15) is 0 Å². The van der Waals surface area contributed by atoms with Crippen LogP contribution in [0.1, 0.15) is 0 Å². The Labute approximate surface area is 167 Å². The Bertz CT molecular complexity index is 946.